The van der Waals surface area contributed by atoms with Gasteiger partial charge in [-0.1, -0.05) is 153 Å². The Morgan fingerprint density at radius 2 is 0.936 bits per heavy atom. The smallest absolute Gasteiger partial charge is 0.249 e. The zero-order valence-corrected chi connectivity index (χ0v) is 30.8. The van der Waals surface area contributed by atoms with Crippen molar-refractivity contribution in [1.29, 1.82) is 0 Å². The molecule has 0 aliphatic heterocycles. The Morgan fingerprint density at radius 1 is 0.511 bits per heavy atom. The van der Waals surface area contributed by atoms with E-state index in [9.17, 15) is 25.2 Å². The summed E-state index contributed by atoms with van der Waals surface area (Å²) in [6.07, 6.45) is 40.4. The normalized spacial score (nSPS) is 14.8. The third kappa shape index (κ3) is 30.3. The van der Waals surface area contributed by atoms with Crippen LogP contribution in [-0.4, -0.2) is 57.3 Å². The van der Waals surface area contributed by atoms with Crippen molar-refractivity contribution in [3.05, 3.63) is 36.5 Å². The van der Waals surface area contributed by atoms with Crippen LogP contribution in [0, 0.1) is 0 Å². The number of unbranched alkanes of at least 4 members (excludes halogenated alkanes) is 20. The maximum absolute atomic E-state index is 12.4. The minimum absolute atomic E-state index is 0.352. The Balaban J connectivity index is 3.78. The standard InChI is InChI=1S/C41H77NO5/c1-3-5-7-9-11-13-15-16-17-18-19-20-21-22-23-24-25-27-29-31-33-35-39(45)41(47)42-37(36-43)40(46)38(44)34-32-30-28-26-14-12-10-8-6-4-2/h8,10,21-22,26,28,37-40,43-46H,3-7,9,11-20,23-25,27,29-36H2,1-2H3,(H,42,47)/b10-8+,22-21-,28-26+. The lowest BCUT2D eigenvalue weighted by Gasteiger charge is -2.27. The summed E-state index contributed by atoms with van der Waals surface area (Å²) in [5.41, 5.74) is 0. The van der Waals surface area contributed by atoms with Gasteiger partial charge in [-0.3, -0.25) is 4.79 Å². The Bertz CT molecular complexity index is 752. The summed E-state index contributed by atoms with van der Waals surface area (Å²) < 4.78 is 0. The van der Waals surface area contributed by atoms with Gasteiger partial charge in [-0.25, -0.2) is 0 Å². The van der Waals surface area contributed by atoms with Crippen LogP contribution in [-0.2, 0) is 4.79 Å². The van der Waals surface area contributed by atoms with Gasteiger partial charge in [0.25, 0.3) is 0 Å². The highest BCUT2D eigenvalue weighted by atomic mass is 16.3. The van der Waals surface area contributed by atoms with E-state index in [0.29, 0.717) is 19.3 Å². The third-order valence-electron chi connectivity index (χ3n) is 9.03. The molecule has 0 spiro atoms. The highest BCUT2D eigenvalue weighted by Crippen LogP contribution is 2.14. The first-order valence-electron chi connectivity index (χ1n) is 19.9. The van der Waals surface area contributed by atoms with Crippen LogP contribution in [0.1, 0.15) is 187 Å². The van der Waals surface area contributed by atoms with Gasteiger partial charge in [-0.2, -0.15) is 0 Å². The summed E-state index contributed by atoms with van der Waals surface area (Å²) in [6, 6.07) is -1.01. The van der Waals surface area contributed by atoms with Crippen molar-refractivity contribution in [1.82, 2.24) is 5.32 Å². The average Bonchev–Trinajstić information content (AvgIpc) is 3.07. The second-order valence-electron chi connectivity index (χ2n) is 13.6. The number of aliphatic hydroxyl groups excluding tert-OH is 4. The summed E-state index contributed by atoms with van der Waals surface area (Å²) in [5.74, 6) is -0.605. The van der Waals surface area contributed by atoms with Crippen molar-refractivity contribution in [3.63, 3.8) is 0 Å². The minimum Gasteiger partial charge on any atom is -0.394 e. The topological polar surface area (TPSA) is 110 Å². The molecule has 4 unspecified atom stereocenters. The van der Waals surface area contributed by atoms with Crippen molar-refractivity contribution in [2.45, 2.75) is 212 Å². The first kappa shape index (κ1) is 45.5. The Morgan fingerprint density at radius 3 is 1.43 bits per heavy atom. The largest absolute Gasteiger partial charge is 0.394 e. The second-order valence-corrected chi connectivity index (χ2v) is 13.6. The first-order chi connectivity index (χ1) is 23.0. The van der Waals surface area contributed by atoms with E-state index < -0.39 is 36.9 Å². The number of nitrogens with one attached hydrogen (secondary N) is 1. The number of aliphatic hydroxyl groups is 4. The lowest BCUT2D eigenvalue weighted by Crippen LogP contribution is -2.53. The summed E-state index contributed by atoms with van der Waals surface area (Å²) in [6.45, 7) is 3.94. The maximum Gasteiger partial charge on any atom is 0.249 e. The predicted molar refractivity (Wildman–Crippen MR) is 200 cm³/mol. The van der Waals surface area contributed by atoms with E-state index in [2.05, 4.69) is 55.6 Å². The minimum atomic E-state index is -1.29. The van der Waals surface area contributed by atoms with E-state index in [1.54, 1.807) is 0 Å². The summed E-state index contributed by atoms with van der Waals surface area (Å²) in [4.78, 5) is 12.4. The van der Waals surface area contributed by atoms with Crippen LogP contribution < -0.4 is 5.32 Å². The Labute approximate surface area is 290 Å². The molecule has 0 saturated heterocycles. The van der Waals surface area contributed by atoms with Crippen molar-refractivity contribution in [2.75, 3.05) is 6.61 Å². The lowest BCUT2D eigenvalue weighted by molar-refractivity contribution is -0.132. The number of rotatable bonds is 35. The molecule has 0 radical (unpaired) electrons. The summed E-state index contributed by atoms with van der Waals surface area (Å²) in [7, 11) is 0. The van der Waals surface area contributed by atoms with E-state index in [4.69, 9.17) is 0 Å². The predicted octanol–water partition coefficient (Wildman–Crippen LogP) is 9.79. The van der Waals surface area contributed by atoms with Crippen LogP contribution in [0.5, 0.6) is 0 Å². The molecule has 0 bridgehead atoms. The molecule has 0 aromatic carbocycles. The van der Waals surface area contributed by atoms with Crippen molar-refractivity contribution < 1.29 is 25.2 Å². The van der Waals surface area contributed by atoms with Gasteiger partial charge in [0.05, 0.1) is 18.8 Å². The molecule has 0 aliphatic rings. The molecule has 6 nitrogen and oxygen atoms in total. The zero-order valence-electron chi connectivity index (χ0n) is 30.8. The molecule has 0 aliphatic carbocycles. The zero-order chi connectivity index (χ0) is 34.6. The van der Waals surface area contributed by atoms with Gasteiger partial charge in [0.15, 0.2) is 0 Å². The molecule has 0 heterocycles. The van der Waals surface area contributed by atoms with Crippen LogP contribution in [0.15, 0.2) is 36.5 Å². The SMILES string of the molecule is CCC/C=C/CC/C=C/CCCC(O)C(O)C(CO)NC(=O)C(O)CCCCCCCC/C=C\CCCCCCCCCCCCC. The van der Waals surface area contributed by atoms with Crippen LogP contribution in [0.2, 0.25) is 0 Å². The molecule has 47 heavy (non-hydrogen) atoms. The number of amides is 1. The van der Waals surface area contributed by atoms with Gasteiger partial charge < -0.3 is 25.7 Å². The molecule has 1 amide bonds. The molecular weight excluding hydrogens is 586 g/mol. The van der Waals surface area contributed by atoms with E-state index >= 15 is 0 Å². The fraction of sp³-hybridized carbons (Fsp3) is 0.829. The molecule has 0 fully saturated rings. The first-order valence-corrected chi connectivity index (χ1v) is 19.9. The Kier molecular flexibility index (Phi) is 34.7. The van der Waals surface area contributed by atoms with Crippen molar-refractivity contribution in [3.8, 4) is 0 Å². The Hall–Kier alpha value is -1.47. The van der Waals surface area contributed by atoms with Crippen LogP contribution in [0.3, 0.4) is 0 Å². The average molecular weight is 664 g/mol. The van der Waals surface area contributed by atoms with Gasteiger partial charge in [-0.15, -0.1) is 0 Å². The van der Waals surface area contributed by atoms with E-state index in [0.717, 1.165) is 57.8 Å². The fourth-order valence-corrected chi connectivity index (χ4v) is 5.83. The fourth-order valence-electron chi connectivity index (χ4n) is 5.83. The summed E-state index contributed by atoms with van der Waals surface area (Å²) in [5, 5.41) is 43.3. The summed E-state index contributed by atoms with van der Waals surface area (Å²) >= 11 is 0. The van der Waals surface area contributed by atoms with E-state index in [1.807, 2.05) is 0 Å². The second kappa shape index (κ2) is 35.8. The van der Waals surface area contributed by atoms with Crippen LogP contribution in [0.4, 0.5) is 0 Å². The van der Waals surface area contributed by atoms with E-state index in [1.165, 1.54) is 96.3 Å². The number of hydrogen-bond acceptors (Lipinski definition) is 5. The van der Waals surface area contributed by atoms with Gasteiger partial charge in [0.1, 0.15) is 12.2 Å². The van der Waals surface area contributed by atoms with Crippen molar-refractivity contribution >= 4 is 5.91 Å². The van der Waals surface area contributed by atoms with Crippen LogP contribution >= 0.6 is 0 Å². The highest BCUT2D eigenvalue weighted by Gasteiger charge is 2.28. The number of allylic oxidation sites excluding steroid dienone is 6. The molecule has 276 valence electrons. The third-order valence-corrected chi connectivity index (χ3v) is 9.03. The van der Waals surface area contributed by atoms with Gasteiger partial charge in [0, 0.05) is 0 Å². The quantitative estimate of drug-likeness (QED) is 0.0343. The van der Waals surface area contributed by atoms with Gasteiger partial charge in [-0.05, 0) is 70.6 Å². The van der Waals surface area contributed by atoms with Gasteiger partial charge in [0.2, 0.25) is 5.91 Å². The molecule has 0 aromatic heterocycles. The maximum atomic E-state index is 12.4. The highest BCUT2D eigenvalue weighted by molar-refractivity contribution is 5.80. The van der Waals surface area contributed by atoms with Crippen molar-refractivity contribution in [2.24, 2.45) is 0 Å². The molecule has 6 heteroatoms. The molecular formula is C41H77NO5. The monoisotopic (exact) mass is 664 g/mol. The molecule has 0 saturated carbocycles. The van der Waals surface area contributed by atoms with Gasteiger partial charge >= 0.3 is 0 Å². The molecule has 0 rings (SSSR count). The molecule has 5 N–H and O–H groups in total. The van der Waals surface area contributed by atoms with E-state index in [-0.39, 0.29) is 0 Å². The number of hydrogen-bond donors (Lipinski definition) is 5. The molecule has 4 atom stereocenters. The number of carbonyl (C=O) groups excluding carboxylic acids is 1. The number of carbonyl (C=O) groups is 1. The lowest BCUT2D eigenvalue weighted by atomic mass is 10.00. The molecule has 0 aromatic rings. The van der Waals surface area contributed by atoms with Crippen LogP contribution in [0.25, 0.3) is 0 Å².